The summed E-state index contributed by atoms with van der Waals surface area (Å²) >= 11 is 0. The van der Waals surface area contributed by atoms with Gasteiger partial charge in [0.2, 0.25) is 0 Å². The van der Waals surface area contributed by atoms with Crippen LogP contribution in [0.4, 0.5) is 0 Å². The smallest absolute Gasteiger partial charge is 0.173 e. The van der Waals surface area contributed by atoms with E-state index in [2.05, 4.69) is 0 Å². The summed E-state index contributed by atoms with van der Waals surface area (Å²) in [6.07, 6.45) is 0.574. The van der Waals surface area contributed by atoms with Crippen LogP contribution in [-0.2, 0) is 4.79 Å². The molecule has 2 heteroatoms. The molecule has 0 fully saturated rings. The predicted molar refractivity (Wildman–Crippen MR) is 64.4 cm³/mol. The van der Waals surface area contributed by atoms with Crippen LogP contribution in [0.1, 0.15) is 37.6 Å². The van der Waals surface area contributed by atoms with E-state index in [-0.39, 0.29) is 17.5 Å². The van der Waals surface area contributed by atoms with Gasteiger partial charge in [-0.1, -0.05) is 51.1 Å². The lowest BCUT2D eigenvalue weighted by Crippen LogP contribution is -2.27. The summed E-state index contributed by atoms with van der Waals surface area (Å²) in [4.78, 5) is 24.0. The number of Topliss-reactive ketones (excluding diaryl/α,β-unsaturated/α-hetero) is 2. The van der Waals surface area contributed by atoms with Crippen molar-refractivity contribution in [2.75, 3.05) is 0 Å². The Labute approximate surface area is 96.7 Å². The highest BCUT2D eigenvalue weighted by atomic mass is 16.2. The summed E-state index contributed by atoms with van der Waals surface area (Å²) in [7, 11) is 0. The van der Waals surface area contributed by atoms with Gasteiger partial charge in [-0.2, -0.15) is 0 Å². The first-order valence-electron chi connectivity index (χ1n) is 5.71. The second-order valence-corrected chi connectivity index (χ2v) is 4.25. The van der Waals surface area contributed by atoms with Crippen LogP contribution in [0.2, 0.25) is 0 Å². The molecule has 1 aromatic carbocycles. The van der Waals surface area contributed by atoms with Gasteiger partial charge in [-0.25, -0.2) is 0 Å². The second-order valence-electron chi connectivity index (χ2n) is 4.25. The second kappa shape index (κ2) is 5.59. The normalized spacial score (nSPS) is 12.5. The molecule has 0 radical (unpaired) electrons. The van der Waals surface area contributed by atoms with Crippen LogP contribution in [0.3, 0.4) is 0 Å². The minimum atomic E-state index is -0.484. The number of carbonyl (C=O) groups excluding carboxylic acids is 2. The largest absolute Gasteiger partial charge is 0.299 e. The molecule has 0 aliphatic heterocycles. The zero-order valence-corrected chi connectivity index (χ0v) is 10.1. The van der Waals surface area contributed by atoms with Crippen LogP contribution >= 0.6 is 0 Å². The first-order chi connectivity index (χ1) is 7.57. The molecule has 0 aliphatic rings. The molecule has 0 aromatic heterocycles. The molecule has 0 aliphatic carbocycles. The molecule has 0 unspecified atom stereocenters. The number of benzene rings is 1. The number of hydrogen-bond acceptors (Lipinski definition) is 2. The van der Waals surface area contributed by atoms with Gasteiger partial charge in [0.05, 0.1) is 5.92 Å². The number of hydrogen-bond donors (Lipinski definition) is 0. The molecule has 0 bridgehead atoms. The van der Waals surface area contributed by atoms with E-state index in [1.807, 2.05) is 39.0 Å². The number of rotatable bonds is 5. The fraction of sp³-hybridized carbons (Fsp3) is 0.429. The molecular formula is C14H18O2. The first kappa shape index (κ1) is 12.6. The van der Waals surface area contributed by atoms with Gasteiger partial charge in [-0.05, 0) is 6.42 Å². The minimum absolute atomic E-state index is 0.0383. The van der Waals surface area contributed by atoms with E-state index in [0.717, 1.165) is 0 Å². The fourth-order valence-electron chi connectivity index (χ4n) is 1.72. The molecule has 86 valence electrons. The maximum absolute atomic E-state index is 12.1. The highest BCUT2D eigenvalue weighted by molar-refractivity contribution is 6.11. The molecular weight excluding hydrogens is 200 g/mol. The van der Waals surface area contributed by atoms with Gasteiger partial charge in [0, 0.05) is 11.5 Å². The van der Waals surface area contributed by atoms with E-state index in [1.165, 1.54) is 0 Å². The van der Waals surface area contributed by atoms with E-state index < -0.39 is 5.92 Å². The Balaban J connectivity index is 2.91. The van der Waals surface area contributed by atoms with Crippen LogP contribution in [0, 0.1) is 11.8 Å². The van der Waals surface area contributed by atoms with E-state index in [4.69, 9.17) is 0 Å². The zero-order chi connectivity index (χ0) is 12.1. The van der Waals surface area contributed by atoms with Crippen LogP contribution < -0.4 is 0 Å². The lowest BCUT2D eigenvalue weighted by Gasteiger charge is -2.14. The summed E-state index contributed by atoms with van der Waals surface area (Å²) in [5.74, 6) is -0.585. The van der Waals surface area contributed by atoms with Crippen LogP contribution in [0.15, 0.2) is 30.3 Å². The standard InChI is InChI=1S/C14H18O2/c1-4-12(13(15)10(2)3)14(16)11-8-6-5-7-9-11/h5-10,12H,4H2,1-3H3/t12-/m1/s1. The van der Waals surface area contributed by atoms with E-state index in [1.54, 1.807) is 12.1 Å². The highest BCUT2D eigenvalue weighted by Crippen LogP contribution is 2.17. The monoisotopic (exact) mass is 218 g/mol. The van der Waals surface area contributed by atoms with Crippen molar-refractivity contribution in [2.45, 2.75) is 27.2 Å². The van der Waals surface area contributed by atoms with Gasteiger partial charge < -0.3 is 0 Å². The Morgan fingerprint density at radius 3 is 2.12 bits per heavy atom. The van der Waals surface area contributed by atoms with E-state index in [0.29, 0.717) is 12.0 Å². The molecule has 1 rings (SSSR count). The minimum Gasteiger partial charge on any atom is -0.299 e. The highest BCUT2D eigenvalue weighted by Gasteiger charge is 2.27. The maximum Gasteiger partial charge on any atom is 0.173 e. The topological polar surface area (TPSA) is 34.1 Å². The van der Waals surface area contributed by atoms with Crippen molar-refractivity contribution < 1.29 is 9.59 Å². The third kappa shape index (κ3) is 2.78. The van der Waals surface area contributed by atoms with Crippen molar-refractivity contribution in [3.63, 3.8) is 0 Å². The third-order valence-electron chi connectivity index (χ3n) is 2.70. The van der Waals surface area contributed by atoms with E-state index >= 15 is 0 Å². The van der Waals surface area contributed by atoms with Gasteiger partial charge in [0.25, 0.3) is 0 Å². The third-order valence-corrected chi connectivity index (χ3v) is 2.70. The van der Waals surface area contributed by atoms with Crippen LogP contribution in [0.5, 0.6) is 0 Å². The average Bonchev–Trinajstić information content (AvgIpc) is 2.30. The molecule has 0 N–H and O–H groups in total. The van der Waals surface area contributed by atoms with Crippen molar-refractivity contribution in [2.24, 2.45) is 11.8 Å². The molecule has 1 atom stereocenters. The molecule has 0 amide bonds. The van der Waals surface area contributed by atoms with Gasteiger partial charge >= 0.3 is 0 Å². The first-order valence-corrected chi connectivity index (χ1v) is 5.71. The lowest BCUT2D eigenvalue weighted by atomic mass is 9.86. The number of ketones is 2. The van der Waals surface area contributed by atoms with Crippen molar-refractivity contribution in [3.8, 4) is 0 Å². The summed E-state index contributed by atoms with van der Waals surface area (Å²) in [5.41, 5.74) is 0.628. The summed E-state index contributed by atoms with van der Waals surface area (Å²) < 4.78 is 0. The predicted octanol–water partition coefficient (Wildman–Crippen LogP) is 3.12. The summed E-state index contributed by atoms with van der Waals surface area (Å²) in [6.45, 7) is 5.55. The molecule has 0 heterocycles. The molecule has 0 spiro atoms. The Morgan fingerprint density at radius 1 is 1.12 bits per heavy atom. The fourth-order valence-corrected chi connectivity index (χ4v) is 1.72. The van der Waals surface area contributed by atoms with Crippen LogP contribution in [0.25, 0.3) is 0 Å². The molecule has 2 nitrogen and oxygen atoms in total. The van der Waals surface area contributed by atoms with Crippen molar-refractivity contribution in [3.05, 3.63) is 35.9 Å². The SMILES string of the molecule is CC[C@@H](C(=O)c1ccccc1)C(=O)C(C)C. The Bertz CT molecular complexity index is 366. The van der Waals surface area contributed by atoms with Gasteiger partial charge in [-0.3, -0.25) is 9.59 Å². The summed E-state index contributed by atoms with van der Waals surface area (Å²) in [5, 5.41) is 0. The number of carbonyl (C=O) groups is 2. The summed E-state index contributed by atoms with van der Waals surface area (Å²) in [6, 6.07) is 9.03. The van der Waals surface area contributed by atoms with Crippen molar-refractivity contribution in [1.82, 2.24) is 0 Å². The van der Waals surface area contributed by atoms with Gasteiger partial charge in [-0.15, -0.1) is 0 Å². The quantitative estimate of drug-likeness (QED) is 0.562. The Hall–Kier alpha value is -1.44. The molecule has 16 heavy (non-hydrogen) atoms. The van der Waals surface area contributed by atoms with Crippen LogP contribution in [-0.4, -0.2) is 11.6 Å². The van der Waals surface area contributed by atoms with Gasteiger partial charge in [0.15, 0.2) is 5.78 Å². The lowest BCUT2D eigenvalue weighted by molar-refractivity contribution is -0.124. The van der Waals surface area contributed by atoms with Crippen molar-refractivity contribution in [1.29, 1.82) is 0 Å². The molecule has 0 saturated heterocycles. The maximum atomic E-state index is 12.1. The zero-order valence-electron chi connectivity index (χ0n) is 10.1. The molecule has 0 saturated carbocycles. The average molecular weight is 218 g/mol. The van der Waals surface area contributed by atoms with E-state index in [9.17, 15) is 9.59 Å². The van der Waals surface area contributed by atoms with Gasteiger partial charge in [0.1, 0.15) is 5.78 Å². The Morgan fingerprint density at radius 2 is 1.69 bits per heavy atom. The van der Waals surface area contributed by atoms with Crippen molar-refractivity contribution >= 4 is 11.6 Å². The molecule has 1 aromatic rings. The Kier molecular flexibility index (Phi) is 4.41.